The van der Waals surface area contributed by atoms with E-state index < -0.39 is 0 Å². The van der Waals surface area contributed by atoms with E-state index in [1.54, 1.807) is 0 Å². The fourth-order valence-corrected chi connectivity index (χ4v) is 5.20. The first-order chi connectivity index (χ1) is 19.0. The van der Waals surface area contributed by atoms with Crippen molar-refractivity contribution in [1.29, 1.82) is 0 Å². The van der Waals surface area contributed by atoms with Gasteiger partial charge in [-0.2, -0.15) is 4.98 Å². The molecule has 1 N–H and O–H groups in total. The number of carbonyl (C=O) groups excluding carboxylic acids is 1. The Morgan fingerprint density at radius 2 is 1.74 bits per heavy atom. The van der Waals surface area contributed by atoms with E-state index in [2.05, 4.69) is 52.3 Å². The van der Waals surface area contributed by atoms with Gasteiger partial charge in [0.25, 0.3) is 5.91 Å². The molecule has 2 aromatic carbocycles. The molecule has 9 heteroatoms. The summed E-state index contributed by atoms with van der Waals surface area (Å²) < 4.78 is 7.40. The fraction of sp³-hybridized carbons (Fsp3) is 0.367. The summed E-state index contributed by atoms with van der Waals surface area (Å²) in [5.74, 6) is 0.595. The number of hydrogen-bond donors (Lipinski definition) is 1. The van der Waals surface area contributed by atoms with E-state index in [4.69, 9.17) is 9.72 Å². The van der Waals surface area contributed by atoms with Gasteiger partial charge in [-0.1, -0.05) is 6.07 Å². The Balaban J connectivity index is 1.19. The number of amides is 1. The molecule has 0 bridgehead atoms. The summed E-state index contributed by atoms with van der Waals surface area (Å²) in [6, 6.07) is 16.2. The molecule has 9 nitrogen and oxygen atoms in total. The third-order valence-electron chi connectivity index (χ3n) is 7.71. The molecule has 0 radical (unpaired) electrons. The Bertz CT molecular complexity index is 1450. The standard InChI is InChI=1S/C30H35N7O2/c1-22-3-6-26(19-25(22)21-35-13-11-34(2)12-14-35)32-30-31-20-24-9-10-37(28(24)33-30)27-7-4-23(5-8-27)29(38)36-15-17-39-18-16-36/h3-10,19-20H,11-18,21H2,1-2H3,(H,31,32,33). The largest absolute Gasteiger partial charge is 0.378 e. The molecule has 2 aromatic heterocycles. The zero-order valence-corrected chi connectivity index (χ0v) is 22.6. The highest BCUT2D eigenvalue weighted by Crippen LogP contribution is 2.24. The summed E-state index contributed by atoms with van der Waals surface area (Å²) in [5, 5.41) is 4.37. The highest BCUT2D eigenvalue weighted by molar-refractivity contribution is 5.94. The lowest BCUT2D eigenvalue weighted by molar-refractivity contribution is 0.0303. The minimum atomic E-state index is 0.0427. The van der Waals surface area contributed by atoms with Crippen molar-refractivity contribution in [2.24, 2.45) is 0 Å². The Morgan fingerprint density at radius 3 is 2.51 bits per heavy atom. The molecule has 0 aliphatic carbocycles. The van der Waals surface area contributed by atoms with Crippen LogP contribution < -0.4 is 5.32 Å². The first-order valence-corrected chi connectivity index (χ1v) is 13.6. The number of hydrogen-bond acceptors (Lipinski definition) is 7. The van der Waals surface area contributed by atoms with Crippen LogP contribution in [0.5, 0.6) is 0 Å². The average molecular weight is 526 g/mol. The Kier molecular flexibility index (Phi) is 7.28. The van der Waals surface area contributed by atoms with E-state index in [1.165, 1.54) is 11.1 Å². The van der Waals surface area contributed by atoms with Crippen LogP contribution in [0.4, 0.5) is 11.6 Å². The van der Waals surface area contributed by atoms with E-state index in [1.807, 2.05) is 52.2 Å². The predicted molar refractivity (Wildman–Crippen MR) is 153 cm³/mol. The number of piperazine rings is 1. The minimum absolute atomic E-state index is 0.0427. The van der Waals surface area contributed by atoms with Crippen LogP contribution in [0.2, 0.25) is 0 Å². The number of likely N-dealkylation sites (N-methyl/N-ethyl adjacent to an activating group) is 1. The van der Waals surface area contributed by atoms with Crippen molar-refractivity contribution in [1.82, 2.24) is 29.2 Å². The predicted octanol–water partition coefficient (Wildman–Crippen LogP) is 3.69. The van der Waals surface area contributed by atoms with Gasteiger partial charge >= 0.3 is 0 Å². The Morgan fingerprint density at radius 1 is 0.974 bits per heavy atom. The van der Waals surface area contributed by atoms with Crippen molar-refractivity contribution < 1.29 is 9.53 Å². The second-order valence-electron chi connectivity index (χ2n) is 10.5. The van der Waals surface area contributed by atoms with Crippen molar-refractivity contribution in [3.63, 3.8) is 0 Å². The van der Waals surface area contributed by atoms with Crippen LogP contribution in [0.3, 0.4) is 0 Å². The molecule has 0 spiro atoms. The second-order valence-corrected chi connectivity index (χ2v) is 10.5. The molecule has 1 amide bonds. The average Bonchev–Trinajstić information content (AvgIpc) is 3.39. The maximum Gasteiger partial charge on any atom is 0.254 e. The monoisotopic (exact) mass is 525 g/mol. The maximum atomic E-state index is 12.8. The highest BCUT2D eigenvalue weighted by atomic mass is 16.5. The summed E-state index contributed by atoms with van der Waals surface area (Å²) in [5.41, 5.74) is 6.03. The Hall–Kier alpha value is -3.79. The smallest absolute Gasteiger partial charge is 0.254 e. The quantitative estimate of drug-likeness (QED) is 0.411. The molecule has 0 unspecified atom stereocenters. The summed E-state index contributed by atoms with van der Waals surface area (Å²) >= 11 is 0. The molecule has 202 valence electrons. The van der Waals surface area contributed by atoms with Crippen molar-refractivity contribution >= 4 is 28.6 Å². The second kappa shape index (κ2) is 11.1. The lowest BCUT2D eigenvalue weighted by Gasteiger charge is -2.32. The van der Waals surface area contributed by atoms with Crippen LogP contribution >= 0.6 is 0 Å². The van der Waals surface area contributed by atoms with Crippen LogP contribution in [0.15, 0.2) is 60.9 Å². The summed E-state index contributed by atoms with van der Waals surface area (Å²) in [6.07, 6.45) is 3.83. The van der Waals surface area contributed by atoms with Gasteiger partial charge in [0.15, 0.2) is 0 Å². The normalized spacial score (nSPS) is 17.0. The zero-order chi connectivity index (χ0) is 26.8. The van der Waals surface area contributed by atoms with Crippen molar-refractivity contribution in [2.45, 2.75) is 13.5 Å². The lowest BCUT2D eigenvalue weighted by atomic mass is 10.1. The van der Waals surface area contributed by atoms with Crippen LogP contribution in [-0.2, 0) is 11.3 Å². The van der Waals surface area contributed by atoms with Gasteiger partial charge in [0.1, 0.15) is 5.65 Å². The molecule has 2 aliphatic heterocycles. The fourth-order valence-electron chi connectivity index (χ4n) is 5.20. The van der Waals surface area contributed by atoms with Gasteiger partial charge in [0, 0.05) is 80.5 Å². The van der Waals surface area contributed by atoms with Gasteiger partial charge in [-0.15, -0.1) is 0 Å². The number of rotatable bonds is 6. The van der Waals surface area contributed by atoms with Gasteiger partial charge in [-0.05, 0) is 67.6 Å². The number of ether oxygens (including phenoxy) is 1. The number of benzene rings is 2. The molecular weight excluding hydrogens is 490 g/mol. The number of morpholine rings is 1. The first-order valence-electron chi connectivity index (χ1n) is 13.6. The van der Waals surface area contributed by atoms with Gasteiger partial charge in [-0.25, -0.2) is 4.98 Å². The van der Waals surface area contributed by atoms with Crippen molar-refractivity contribution in [2.75, 3.05) is 64.8 Å². The van der Waals surface area contributed by atoms with Crippen molar-refractivity contribution in [3.8, 4) is 5.69 Å². The van der Waals surface area contributed by atoms with E-state index in [0.29, 0.717) is 37.8 Å². The van der Waals surface area contributed by atoms with E-state index in [0.717, 1.165) is 55.1 Å². The number of fused-ring (bicyclic) bond motifs is 1. The Labute approximate surface area is 229 Å². The summed E-state index contributed by atoms with van der Waals surface area (Å²) in [7, 11) is 2.18. The number of nitrogens with zero attached hydrogens (tertiary/aromatic N) is 6. The van der Waals surface area contributed by atoms with Gasteiger partial charge < -0.3 is 24.4 Å². The molecule has 2 fully saturated rings. The van der Waals surface area contributed by atoms with Crippen LogP contribution in [-0.4, -0.2) is 94.7 Å². The summed E-state index contributed by atoms with van der Waals surface area (Å²) in [6.45, 7) is 9.97. The van der Waals surface area contributed by atoms with Gasteiger partial charge in [0.2, 0.25) is 5.95 Å². The highest BCUT2D eigenvalue weighted by Gasteiger charge is 2.19. The van der Waals surface area contributed by atoms with E-state index in [-0.39, 0.29) is 5.91 Å². The number of aryl methyl sites for hydroxylation is 1. The SMILES string of the molecule is Cc1ccc(Nc2ncc3ccn(-c4ccc(C(=O)N5CCOCC5)cc4)c3n2)cc1CN1CCN(C)CC1. The first kappa shape index (κ1) is 25.5. The molecular formula is C30H35N7O2. The molecule has 2 saturated heterocycles. The molecule has 0 saturated carbocycles. The maximum absolute atomic E-state index is 12.8. The topological polar surface area (TPSA) is 78.8 Å². The molecule has 6 rings (SSSR count). The van der Waals surface area contributed by atoms with Crippen LogP contribution in [0, 0.1) is 6.92 Å². The lowest BCUT2D eigenvalue weighted by Crippen LogP contribution is -2.43. The number of aromatic nitrogens is 3. The molecule has 2 aliphatic rings. The molecule has 39 heavy (non-hydrogen) atoms. The summed E-state index contributed by atoms with van der Waals surface area (Å²) in [4.78, 5) is 29.0. The number of nitrogens with one attached hydrogen (secondary N) is 1. The van der Waals surface area contributed by atoms with Gasteiger partial charge in [0.05, 0.1) is 13.2 Å². The number of anilines is 2. The molecule has 0 atom stereocenters. The van der Waals surface area contributed by atoms with E-state index in [9.17, 15) is 4.79 Å². The van der Waals surface area contributed by atoms with Crippen molar-refractivity contribution in [3.05, 3.63) is 77.6 Å². The third-order valence-corrected chi connectivity index (χ3v) is 7.71. The van der Waals surface area contributed by atoms with Crippen LogP contribution in [0.25, 0.3) is 16.7 Å². The minimum Gasteiger partial charge on any atom is -0.378 e. The number of carbonyl (C=O) groups is 1. The molecule has 4 aromatic rings. The van der Waals surface area contributed by atoms with Gasteiger partial charge in [-0.3, -0.25) is 9.69 Å². The molecule has 4 heterocycles. The van der Waals surface area contributed by atoms with E-state index >= 15 is 0 Å². The third kappa shape index (κ3) is 5.66. The van der Waals surface area contributed by atoms with Crippen LogP contribution in [0.1, 0.15) is 21.5 Å². The zero-order valence-electron chi connectivity index (χ0n) is 22.6.